The highest BCUT2D eigenvalue weighted by Gasteiger charge is 2.17. The number of rotatable bonds is 6. The molecule has 3 aromatic rings. The van der Waals surface area contributed by atoms with Crippen LogP contribution in [0.15, 0.2) is 72.8 Å². The summed E-state index contributed by atoms with van der Waals surface area (Å²) in [5.74, 6) is 0.170. The van der Waals surface area contributed by atoms with Gasteiger partial charge in [-0.25, -0.2) is 0 Å². The summed E-state index contributed by atoms with van der Waals surface area (Å²) >= 11 is 11.4. The molecule has 1 aliphatic rings. The molecular weight excluding hydrogens is 468 g/mol. The van der Waals surface area contributed by atoms with Crippen molar-refractivity contribution >= 4 is 46.2 Å². The molecule has 1 heterocycles. The molecule has 0 atom stereocenters. The number of hydrogen-bond donors (Lipinski definition) is 2. The Morgan fingerprint density at radius 3 is 2.35 bits per heavy atom. The van der Waals surface area contributed by atoms with Gasteiger partial charge in [-0.3, -0.25) is 15.0 Å². The molecule has 1 amide bonds. The van der Waals surface area contributed by atoms with Crippen molar-refractivity contribution in [2.24, 2.45) is 0 Å². The number of anilines is 2. The first-order valence-corrected chi connectivity index (χ1v) is 11.9. The van der Waals surface area contributed by atoms with Gasteiger partial charge in [0.05, 0.1) is 12.1 Å². The zero-order valence-electron chi connectivity index (χ0n) is 19.0. The van der Waals surface area contributed by atoms with Crippen LogP contribution in [0, 0.1) is 0 Å². The van der Waals surface area contributed by atoms with Crippen LogP contribution in [0.4, 0.5) is 11.4 Å². The lowest BCUT2D eigenvalue weighted by Gasteiger charge is -2.36. The van der Waals surface area contributed by atoms with E-state index in [1.807, 2.05) is 12.1 Å². The number of methoxy groups -OCH3 is 1. The first-order valence-electron chi connectivity index (χ1n) is 11.1. The number of nitrogens with one attached hydrogen (secondary N) is 2. The van der Waals surface area contributed by atoms with E-state index in [1.54, 1.807) is 18.2 Å². The SMILES string of the molecule is COc1ccc(C(=O)NC(=S)Nc2ccc(N3CCN(Cc4ccccc4)CC3)cc2)cc1Cl. The second-order valence-electron chi connectivity index (χ2n) is 8.05. The number of thiocarbonyl (C=S) groups is 1. The summed E-state index contributed by atoms with van der Waals surface area (Å²) in [7, 11) is 1.53. The van der Waals surface area contributed by atoms with Crippen LogP contribution in [0.25, 0.3) is 0 Å². The molecule has 0 aromatic heterocycles. The summed E-state index contributed by atoms with van der Waals surface area (Å²) in [5, 5.41) is 6.33. The molecule has 2 N–H and O–H groups in total. The van der Waals surface area contributed by atoms with Crippen molar-refractivity contribution < 1.29 is 9.53 Å². The molecule has 0 saturated carbocycles. The van der Waals surface area contributed by atoms with E-state index >= 15 is 0 Å². The second-order valence-corrected chi connectivity index (χ2v) is 8.87. The maximum atomic E-state index is 12.5. The van der Waals surface area contributed by atoms with E-state index < -0.39 is 0 Å². The van der Waals surface area contributed by atoms with Crippen molar-refractivity contribution in [2.75, 3.05) is 43.5 Å². The predicted molar refractivity (Wildman–Crippen MR) is 142 cm³/mol. The van der Waals surface area contributed by atoms with Crippen LogP contribution < -0.4 is 20.3 Å². The Morgan fingerprint density at radius 1 is 1.00 bits per heavy atom. The number of benzene rings is 3. The van der Waals surface area contributed by atoms with Crippen molar-refractivity contribution in [3.8, 4) is 5.75 Å². The van der Waals surface area contributed by atoms with E-state index in [0.29, 0.717) is 16.3 Å². The molecule has 6 nitrogen and oxygen atoms in total. The van der Waals surface area contributed by atoms with E-state index in [2.05, 4.69) is 62.9 Å². The van der Waals surface area contributed by atoms with E-state index in [-0.39, 0.29) is 11.0 Å². The Morgan fingerprint density at radius 2 is 1.71 bits per heavy atom. The van der Waals surface area contributed by atoms with Gasteiger partial charge in [0.15, 0.2) is 5.11 Å². The topological polar surface area (TPSA) is 56.8 Å². The average Bonchev–Trinajstić information content (AvgIpc) is 2.85. The van der Waals surface area contributed by atoms with Crippen LogP contribution in [0.3, 0.4) is 0 Å². The number of ether oxygens (including phenoxy) is 1. The Kier molecular flexibility index (Phi) is 8.00. The Labute approximate surface area is 210 Å². The molecule has 0 radical (unpaired) electrons. The Bertz CT molecular complexity index is 1130. The van der Waals surface area contributed by atoms with Gasteiger partial charge in [-0.1, -0.05) is 41.9 Å². The molecule has 0 unspecified atom stereocenters. The lowest BCUT2D eigenvalue weighted by Crippen LogP contribution is -2.45. The van der Waals surface area contributed by atoms with Gasteiger partial charge in [0.25, 0.3) is 5.91 Å². The van der Waals surface area contributed by atoms with E-state index in [0.717, 1.165) is 38.4 Å². The molecule has 176 valence electrons. The third kappa shape index (κ3) is 6.26. The van der Waals surface area contributed by atoms with Crippen molar-refractivity contribution in [1.82, 2.24) is 10.2 Å². The summed E-state index contributed by atoms with van der Waals surface area (Å²) in [6.45, 7) is 5.02. The smallest absolute Gasteiger partial charge is 0.257 e. The van der Waals surface area contributed by atoms with E-state index in [9.17, 15) is 4.79 Å². The monoisotopic (exact) mass is 494 g/mol. The van der Waals surface area contributed by atoms with Gasteiger partial charge < -0.3 is 15.0 Å². The van der Waals surface area contributed by atoms with Gasteiger partial charge >= 0.3 is 0 Å². The summed E-state index contributed by atoms with van der Waals surface area (Å²) in [6, 6.07) is 23.5. The van der Waals surface area contributed by atoms with Crippen molar-refractivity contribution in [1.29, 1.82) is 0 Å². The number of carbonyl (C=O) groups excluding carboxylic acids is 1. The summed E-state index contributed by atoms with van der Waals surface area (Å²) in [5.41, 5.74) is 3.73. The fourth-order valence-electron chi connectivity index (χ4n) is 3.91. The molecule has 4 rings (SSSR count). The average molecular weight is 495 g/mol. The fraction of sp³-hybridized carbons (Fsp3) is 0.231. The normalized spacial score (nSPS) is 13.9. The number of hydrogen-bond acceptors (Lipinski definition) is 5. The predicted octanol–water partition coefficient (Wildman–Crippen LogP) is 4.80. The molecule has 1 aliphatic heterocycles. The molecular formula is C26H27ClN4O2S. The first kappa shape index (κ1) is 24.0. The van der Waals surface area contributed by atoms with Gasteiger partial charge in [-0.05, 0) is 60.2 Å². The summed E-state index contributed by atoms with van der Waals surface area (Å²) in [6.07, 6.45) is 0. The minimum absolute atomic E-state index is 0.221. The zero-order chi connectivity index (χ0) is 23.9. The van der Waals surface area contributed by atoms with Crippen LogP contribution in [-0.4, -0.2) is 49.2 Å². The standard InChI is InChI=1S/C26H27ClN4O2S/c1-33-24-12-7-20(17-23(24)27)25(32)29-26(34)28-21-8-10-22(11-9-21)31-15-13-30(14-16-31)18-19-5-3-2-4-6-19/h2-12,17H,13-16,18H2,1H3,(H2,28,29,32,34). The molecule has 0 bridgehead atoms. The molecule has 34 heavy (non-hydrogen) atoms. The number of carbonyl (C=O) groups is 1. The maximum Gasteiger partial charge on any atom is 0.257 e. The van der Waals surface area contributed by atoms with E-state index in [4.69, 9.17) is 28.6 Å². The van der Waals surface area contributed by atoms with E-state index in [1.165, 1.54) is 18.4 Å². The Balaban J connectivity index is 1.26. The molecule has 1 saturated heterocycles. The highest BCUT2D eigenvalue weighted by molar-refractivity contribution is 7.80. The number of amides is 1. The highest BCUT2D eigenvalue weighted by Crippen LogP contribution is 2.25. The molecule has 0 aliphatic carbocycles. The largest absolute Gasteiger partial charge is 0.495 e. The molecule has 8 heteroatoms. The van der Waals surface area contributed by atoms with Crippen molar-refractivity contribution in [2.45, 2.75) is 6.54 Å². The van der Waals surface area contributed by atoms with Gasteiger partial charge in [0.2, 0.25) is 0 Å². The van der Waals surface area contributed by atoms with Crippen molar-refractivity contribution in [3.05, 3.63) is 88.9 Å². The molecule has 0 spiro atoms. The number of halogens is 1. The number of piperazine rings is 1. The quantitative estimate of drug-likeness (QED) is 0.480. The maximum absolute atomic E-state index is 12.5. The first-order chi connectivity index (χ1) is 16.5. The zero-order valence-corrected chi connectivity index (χ0v) is 20.5. The lowest BCUT2D eigenvalue weighted by atomic mass is 10.2. The summed E-state index contributed by atoms with van der Waals surface area (Å²) < 4.78 is 5.11. The van der Waals surface area contributed by atoms with Gasteiger partial charge in [-0.2, -0.15) is 0 Å². The molecule has 3 aromatic carbocycles. The van der Waals surface area contributed by atoms with Crippen LogP contribution >= 0.6 is 23.8 Å². The van der Waals surface area contributed by atoms with Crippen LogP contribution in [0.1, 0.15) is 15.9 Å². The van der Waals surface area contributed by atoms with Crippen LogP contribution in [-0.2, 0) is 6.54 Å². The van der Waals surface area contributed by atoms with Gasteiger partial charge in [0, 0.05) is 49.7 Å². The third-order valence-corrected chi connectivity index (χ3v) is 6.25. The van der Waals surface area contributed by atoms with Gasteiger partial charge in [-0.15, -0.1) is 0 Å². The van der Waals surface area contributed by atoms with Crippen molar-refractivity contribution in [3.63, 3.8) is 0 Å². The van der Waals surface area contributed by atoms with Crippen LogP contribution in [0.5, 0.6) is 5.75 Å². The third-order valence-electron chi connectivity index (χ3n) is 5.75. The van der Waals surface area contributed by atoms with Gasteiger partial charge in [0.1, 0.15) is 5.75 Å². The number of nitrogens with zero attached hydrogens (tertiary/aromatic N) is 2. The minimum atomic E-state index is -0.341. The highest BCUT2D eigenvalue weighted by atomic mass is 35.5. The molecule has 1 fully saturated rings. The second kappa shape index (κ2) is 11.3. The Hall–Kier alpha value is -3.13. The lowest BCUT2D eigenvalue weighted by molar-refractivity contribution is 0.0977. The summed E-state index contributed by atoms with van der Waals surface area (Å²) in [4.78, 5) is 17.3. The minimum Gasteiger partial charge on any atom is -0.495 e. The fourth-order valence-corrected chi connectivity index (χ4v) is 4.37. The van der Waals surface area contributed by atoms with Crippen LogP contribution in [0.2, 0.25) is 5.02 Å².